The van der Waals surface area contributed by atoms with Crippen LogP contribution in [-0.4, -0.2) is 40.6 Å². The molecule has 1 aliphatic rings. The molecule has 2 aromatic rings. The smallest absolute Gasteiger partial charge is 0.342 e. The van der Waals surface area contributed by atoms with Crippen LogP contribution in [0.3, 0.4) is 0 Å². The van der Waals surface area contributed by atoms with Crippen LogP contribution in [0.25, 0.3) is 11.1 Å². The van der Waals surface area contributed by atoms with Gasteiger partial charge in [0.1, 0.15) is 35.4 Å². The van der Waals surface area contributed by atoms with Crippen LogP contribution in [0.2, 0.25) is 0 Å². The molecular weight excluding hydrogens is 372 g/mol. The number of aliphatic hydroxyl groups is 2. The number of rotatable bonds is 1. The second kappa shape index (κ2) is 8.51. The first-order valence-corrected chi connectivity index (χ1v) is 9.25. The quantitative estimate of drug-likeness (QED) is 0.638. The van der Waals surface area contributed by atoms with E-state index in [1.54, 1.807) is 49.4 Å². The van der Waals surface area contributed by atoms with Crippen molar-refractivity contribution in [2.45, 2.75) is 31.7 Å². The molecular formula is C23H24O6. The van der Waals surface area contributed by atoms with E-state index in [0.717, 1.165) is 0 Å². The van der Waals surface area contributed by atoms with Crippen molar-refractivity contribution in [1.29, 1.82) is 0 Å². The Morgan fingerprint density at radius 1 is 1.17 bits per heavy atom. The Balaban J connectivity index is 2.22. The third-order valence-electron chi connectivity index (χ3n) is 4.86. The van der Waals surface area contributed by atoms with Crippen molar-refractivity contribution < 1.29 is 29.6 Å². The molecule has 3 atom stereocenters. The van der Waals surface area contributed by atoms with Gasteiger partial charge in [0.05, 0.1) is 7.11 Å². The van der Waals surface area contributed by atoms with Crippen molar-refractivity contribution in [3.05, 3.63) is 71.8 Å². The predicted molar refractivity (Wildman–Crippen MR) is 109 cm³/mol. The largest absolute Gasteiger partial charge is 0.507 e. The lowest BCUT2D eigenvalue weighted by Crippen LogP contribution is -2.20. The minimum atomic E-state index is -1.21. The standard InChI is InChI=1S/C23H24O6/c1-13-6-4-7-14(2)29-23(27)20-18(11-17(28-3)12-19(20)24)15-8-5-9-16(10-15)22(26)21(13)25/h4-6,8-12,14,21-22,24-26H,1,7H2,2-3H3/b6-4-/t14-,21+,22+/m0/s1. The molecule has 0 saturated carbocycles. The molecule has 152 valence electrons. The van der Waals surface area contributed by atoms with Crippen molar-refractivity contribution in [2.75, 3.05) is 7.11 Å². The molecule has 2 aromatic carbocycles. The molecule has 0 saturated heterocycles. The van der Waals surface area contributed by atoms with Crippen molar-refractivity contribution in [1.82, 2.24) is 0 Å². The van der Waals surface area contributed by atoms with Gasteiger partial charge in [-0.25, -0.2) is 4.79 Å². The Morgan fingerprint density at radius 3 is 2.66 bits per heavy atom. The Morgan fingerprint density at radius 2 is 1.93 bits per heavy atom. The van der Waals surface area contributed by atoms with Gasteiger partial charge >= 0.3 is 5.97 Å². The van der Waals surface area contributed by atoms with Gasteiger partial charge in [-0.3, -0.25) is 0 Å². The van der Waals surface area contributed by atoms with Crippen LogP contribution in [0.4, 0.5) is 0 Å². The van der Waals surface area contributed by atoms with Gasteiger partial charge in [-0.1, -0.05) is 36.9 Å². The summed E-state index contributed by atoms with van der Waals surface area (Å²) in [5.41, 5.74) is 1.75. The summed E-state index contributed by atoms with van der Waals surface area (Å²) in [5, 5.41) is 31.6. The Hall–Kier alpha value is -3.09. The number of esters is 1. The maximum absolute atomic E-state index is 12.8. The molecule has 1 aliphatic heterocycles. The molecule has 29 heavy (non-hydrogen) atoms. The number of phenolic OH excluding ortho intramolecular Hbond substituents is 1. The third kappa shape index (κ3) is 4.34. The topological polar surface area (TPSA) is 96.2 Å². The van der Waals surface area contributed by atoms with Crippen LogP contribution in [0, 0.1) is 0 Å². The summed E-state index contributed by atoms with van der Waals surface area (Å²) in [7, 11) is 1.46. The number of cyclic esters (lactones) is 1. The van der Waals surface area contributed by atoms with E-state index in [4.69, 9.17) is 9.47 Å². The average Bonchev–Trinajstić information content (AvgIpc) is 2.71. The van der Waals surface area contributed by atoms with E-state index in [-0.39, 0.29) is 11.3 Å². The zero-order chi connectivity index (χ0) is 21.1. The summed E-state index contributed by atoms with van der Waals surface area (Å²) < 4.78 is 10.7. The molecule has 0 spiro atoms. The summed E-state index contributed by atoms with van der Waals surface area (Å²) >= 11 is 0. The fourth-order valence-electron chi connectivity index (χ4n) is 3.24. The normalized spacial score (nSPS) is 23.5. The van der Waals surface area contributed by atoms with Gasteiger partial charge in [-0.15, -0.1) is 0 Å². The Labute approximate surface area is 169 Å². The van der Waals surface area contributed by atoms with Crippen LogP contribution in [0.1, 0.15) is 35.4 Å². The van der Waals surface area contributed by atoms with Gasteiger partial charge in [0.2, 0.25) is 0 Å². The van der Waals surface area contributed by atoms with Gasteiger partial charge in [0.15, 0.2) is 0 Å². The van der Waals surface area contributed by atoms with Crippen LogP contribution in [0.5, 0.6) is 11.5 Å². The lowest BCUT2D eigenvalue weighted by Gasteiger charge is -2.21. The molecule has 0 aromatic heterocycles. The molecule has 1 heterocycles. The minimum Gasteiger partial charge on any atom is -0.507 e. The number of aliphatic hydroxyl groups excluding tert-OH is 2. The Kier molecular flexibility index (Phi) is 6.06. The van der Waals surface area contributed by atoms with E-state index in [1.165, 1.54) is 13.2 Å². The molecule has 3 N–H and O–H groups in total. The molecule has 2 bridgehead atoms. The van der Waals surface area contributed by atoms with Crippen LogP contribution in [0.15, 0.2) is 60.7 Å². The second-order valence-electron chi connectivity index (χ2n) is 7.01. The van der Waals surface area contributed by atoms with Gasteiger partial charge < -0.3 is 24.8 Å². The highest BCUT2D eigenvalue weighted by Crippen LogP contribution is 2.37. The number of fused-ring (bicyclic) bond motifs is 4. The highest BCUT2D eigenvalue weighted by Gasteiger charge is 2.25. The first kappa shape index (κ1) is 20.6. The number of hydrogen-bond donors (Lipinski definition) is 3. The average molecular weight is 396 g/mol. The SMILES string of the molecule is C=C1/C=C\C[C@H](C)OC(=O)c2c(O)cc(OC)cc2-c2cccc(c2)[C@@H](O)[C@@H]1O. The van der Waals surface area contributed by atoms with Gasteiger partial charge in [-0.05, 0) is 35.8 Å². The summed E-state index contributed by atoms with van der Waals surface area (Å²) in [6.07, 6.45) is 0.822. The van der Waals surface area contributed by atoms with E-state index in [1.807, 2.05) is 0 Å². The number of hydrogen-bond acceptors (Lipinski definition) is 6. The van der Waals surface area contributed by atoms with E-state index in [9.17, 15) is 20.1 Å². The van der Waals surface area contributed by atoms with E-state index in [0.29, 0.717) is 34.4 Å². The Bertz CT molecular complexity index is 962. The summed E-state index contributed by atoms with van der Waals surface area (Å²) in [6.45, 7) is 5.54. The first-order valence-electron chi connectivity index (χ1n) is 9.25. The van der Waals surface area contributed by atoms with Gasteiger partial charge in [0, 0.05) is 18.1 Å². The zero-order valence-electron chi connectivity index (χ0n) is 16.3. The summed E-state index contributed by atoms with van der Waals surface area (Å²) in [6, 6.07) is 9.70. The van der Waals surface area contributed by atoms with Crippen molar-refractivity contribution in [3.63, 3.8) is 0 Å². The zero-order valence-corrected chi connectivity index (χ0v) is 16.3. The molecule has 0 aliphatic carbocycles. The van der Waals surface area contributed by atoms with Gasteiger partial charge in [-0.2, -0.15) is 0 Å². The molecule has 6 nitrogen and oxygen atoms in total. The second-order valence-corrected chi connectivity index (χ2v) is 7.01. The molecule has 0 radical (unpaired) electrons. The number of ether oxygens (including phenoxy) is 2. The van der Waals surface area contributed by atoms with E-state index in [2.05, 4.69) is 6.58 Å². The number of aromatic hydroxyl groups is 1. The van der Waals surface area contributed by atoms with Crippen LogP contribution >= 0.6 is 0 Å². The molecule has 6 heteroatoms. The third-order valence-corrected chi connectivity index (χ3v) is 4.86. The van der Waals surface area contributed by atoms with E-state index >= 15 is 0 Å². The van der Waals surface area contributed by atoms with Crippen molar-refractivity contribution in [2.24, 2.45) is 0 Å². The minimum absolute atomic E-state index is 0.00953. The number of methoxy groups -OCH3 is 1. The van der Waals surface area contributed by atoms with Crippen LogP contribution in [-0.2, 0) is 4.74 Å². The lowest BCUT2D eigenvalue weighted by molar-refractivity contribution is 0.0344. The highest BCUT2D eigenvalue weighted by atomic mass is 16.5. The number of carbonyl (C=O) groups is 1. The molecule has 0 fully saturated rings. The highest BCUT2D eigenvalue weighted by molar-refractivity contribution is 6.00. The number of benzene rings is 2. The fourth-order valence-corrected chi connectivity index (χ4v) is 3.24. The maximum atomic E-state index is 12.8. The summed E-state index contributed by atoms with van der Waals surface area (Å²) in [4.78, 5) is 12.8. The predicted octanol–water partition coefficient (Wildman–Crippen LogP) is 3.52. The molecule has 0 amide bonds. The fraction of sp³-hybridized carbons (Fsp3) is 0.261. The van der Waals surface area contributed by atoms with Crippen molar-refractivity contribution in [3.8, 4) is 22.6 Å². The van der Waals surface area contributed by atoms with E-state index < -0.39 is 24.3 Å². The first-order chi connectivity index (χ1) is 13.8. The lowest BCUT2D eigenvalue weighted by atomic mass is 9.93. The number of carbonyl (C=O) groups excluding carboxylic acids is 1. The van der Waals surface area contributed by atoms with Crippen molar-refractivity contribution >= 4 is 5.97 Å². The van der Waals surface area contributed by atoms with Crippen LogP contribution < -0.4 is 4.74 Å². The maximum Gasteiger partial charge on any atom is 0.342 e. The van der Waals surface area contributed by atoms with Gasteiger partial charge in [0.25, 0.3) is 0 Å². The molecule has 0 unspecified atom stereocenters. The molecule has 3 rings (SSSR count). The summed E-state index contributed by atoms with van der Waals surface area (Å²) in [5.74, 6) is -0.563. The monoisotopic (exact) mass is 396 g/mol. The number of phenols is 1.